The summed E-state index contributed by atoms with van der Waals surface area (Å²) in [5.74, 6) is -2.28. The second kappa shape index (κ2) is 8.09. The minimum atomic E-state index is -0.906. The topological polar surface area (TPSA) is 57.6 Å². The molecular formula is C21H21ClFNO3. The molecule has 1 unspecified atom stereocenters. The molecule has 1 aliphatic rings. The molecular weight excluding hydrogens is 369 g/mol. The number of carboxylic acid groups (broad SMARTS) is 1. The molecule has 0 spiro atoms. The van der Waals surface area contributed by atoms with Gasteiger partial charge >= 0.3 is 5.97 Å². The summed E-state index contributed by atoms with van der Waals surface area (Å²) in [6.07, 6.45) is 0.255. The number of rotatable bonds is 5. The number of carbonyl (C=O) groups excluding carboxylic acids is 1. The molecule has 3 atom stereocenters. The second-order valence-electron chi connectivity index (χ2n) is 7.06. The van der Waals surface area contributed by atoms with E-state index in [1.54, 1.807) is 29.2 Å². The summed E-state index contributed by atoms with van der Waals surface area (Å²) in [6.45, 7) is 2.47. The first-order chi connectivity index (χ1) is 12.8. The van der Waals surface area contributed by atoms with Crippen molar-refractivity contribution in [1.82, 2.24) is 4.90 Å². The van der Waals surface area contributed by atoms with Crippen LogP contribution in [0.25, 0.3) is 0 Å². The third kappa shape index (κ3) is 4.48. The molecule has 1 saturated heterocycles. The summed E-state index contributed by atoms with van der Waals surface area (Å²) in [4.78, 5) is 26.1. The number of carbonyl (C=O) groups is 2. The maximum absolute atomic E-state index is 13.1. The lowest BCUT2D eigenvalue weighted by molar-refractivity contribution is -0.141. The molecule has 0 radical (unpaired) electrons. The van der Waals surface area contributed by atoms with Gasteiger partial charge in [0.25, 0.3) is 0 Å². The van der Waals surface area contributed by atoms with Crippen LogP contribution in [0.5, 0.6) is 0 Å². The van der Waals surface area contributed by atoms with Gasteiger partial charge in [0.1, 0.15) is 5.82 Å². The highest BCUT2D eigenvalue weighted by molar-refractivity contribution is 6.30. The van der Waals surface area contributed by atoms with E-state index in [0.29, 0.717) is 11.6 Å². The van der Waals surface area contributed by atoms with Gasteiger partial charge in [0.05, 0.1) is 5.92 Å². The van der Waals surface area contributed by atoms with E-state index in [1.165, 1.54) is 12.1 Å². The molecule has 3 rings (SSSR count). The summed E-state index contributed by atoms with van der Waals surface area (Å²) >= 11 is 5.92. The number of likely N-dealkylation sites (tertiary alicyclic amines) is 1. The molecule has 0 aromatic heterocycles. The van der Waals surface area contributed by atoms with Gasteiger partial charge in [0, 0.05) is 30.5 Å². The van der Waals surface area contributed by atoms with Gasteiger partial charge in [-0.2, -0.15) is 0 Å². The molecule has 1 heterocycles. The van der Waals surface area contributed by atoms with E-state index in [4.69, 9.17) is 11.6 Å². The van der Waals surface area contributed by atoms with Crippen molar-refractivity contribution in [2.75, 3.05) is 13.1 Å². The van der Waals surface area contributed by atoms with Crippen molar-refractivity contribution in [3.05, 3.63) is 70.5 Å². The standard InChI is InChI=1S/C21H21ClFNO3/c1-13(14-4-8-17(23)9-5-14)10-20(25)24-11-18(19(12-24)21(26)27)15-2-6-16(22)7-3-15/h2-9,13,18-19H,10-12H2,1H3,(H,26,27)/t13?,18-,19+/m0/s1. The zero-order chi connectivity index (χ0) is 19.6. The maximum atomic E-state index is 13.1. The first-order valence-electron chi connectivity index (χ1n) is 8.86. The summed E-state index contributed by atoms with van der Waals surface area (Å²) < 4.78 is 13.1. The van der Waals surface area contributed by atoms with E-state index in [2.05, 4.69) is 0 Å². The Morgan fingerprint density at radius 2 is 1.78 bits per heavy atom. The van der Waals surface area contributed by atoms with Gasteiger partial charge in [0.2, 0.25) is 5.91 Å². The van der Waals surface area contributed by atoms with E-state index in [9.17, 15) is 19.1 Å². The Labute approximate surface area is 162 Å². The average molecular weight is 390 g/mol. The van der Waals surface area contributed by atoms with E-state index >= 15 is 0 Å². The van der Waals surface area contributed by atoms with Crippen molar-refractivity contribution < 1.29 is 19.1 Å². The van der Waals surface area contributed by atoms with Crippen molar-refractivity contribution in [3.8, 4) is 0 Å². The zero-order valence-corrected chi connectivity index (χ0v) is 15.7. The Morgan fingerprint density at radius 3 is 2.37 bits per heavy atom. The largest absolute Gasteiger partial charge is 0.481 e. The lowest BCUT2D eigenvalue weighted by Crippen LogP contribution is -2.30. The molecule has 0 saturated carbocycles. The molecule has 142 valence electrons. The van der Waals surface area contributed by atoms with Gasteiger partial charge in [0.15, 0.2) is 0 Å². The molecule has 0 aliphatic carbocycles. The number of halogens is 2. The minimum absolute atomic E-state index is 0.0732. The predicted molar refractivity (Wildman–Crippen MR) is 101 cm³/mol. The lowest BCUT2D eigenvalue weighted by atomic mass is 9.89. The Kier molecular flexibility index (Phi) is 5.80. The number of carboxylic acids is 1. The van der Waals surface area contributed by atoms with Crippen LogP contribution in [-0.4, -0.2) is 35.0 Å². The fourth-order valence-electron chi connectivity index (χ4n) is 3.61. The number of aliphatic carboxylic acids is 1. The Bertz CT molecular complexity index is 822. The first-order valence-corrected chi connectivity index (χ1v) is 9.24. The monoisotopic (exact) mass is 389 g/mol. The van der Waals surface area contributed by atoms with Crippen LogP contribution < -0.4 is 0 Å². The van der Waals surface area contributed by atoms with Crippen LogP contribution in [0.4, 0.5) is 4.39 Å². The first kappa shape index (κ1) is 19.4. The molecule has 4 nitrogen and oxygen atoms in total. The molecule has 1 aliphatic heterocycles. The molecule has 0 bridgehead atoms. The van der Waals surface area contributed by atoms with Crippen LogP contribution in [0.1, 0.15) is 36.3 Å². The molecule has 1 amide bonds. The van der Waals surface area contributed by atoms with E-state index < -0.39 is 11.9 Å². The lowest BCUT2D eigenvalue weighted by Gasteiger charge is -2.19. The molecule has 2 aromatic rings. The highest BCUT2D eigenvalue weighted by Gasteiger charge is 2.40. The zero-order valence-electron chi connectivity index (χ0n) is 14.9. The molecule has 27 heavy (non-hydrogen) atoms. The molecule has 1 fully saturated rings. The van der Waals surface area contributed by atoms with Crippen LogP contribution in [0, 0.1) is 11.7 Å². The van der Waals surface area contributed by atoms with Gasteiger partial charge in [-0.3, -0.25) is 9.59 Å². The molecule has 1 N–H and O–H groups in total. The van der Waals surface area contributed by atoms with Gasteiger partial charge in [-0.25, -0.2) is 4.39 Å². The van der Waals surface area contributed by atoms with Crippen LogP contribution >= 0.6 is 11.6 Å². The highest BCUT2D eigenvalue weighted by Crippen LogP contribution is 2.34. The number of nitrogens with zero attached hydrogens (tertiary/aromatic N) is 1. The van der Waals surface area contributed by atoms with Crippen LogP contribution in [0.15, 0.2) is 48.5 Å². The molecule has 6 heteroatoms. The fraction of sp³-hybridized carbons (Fsp3) is 0.333. The second-order valence-corrected chi connectivity index (χ2v) is 7.49. The maximum Gasteiger partial charge on any atom is 0.308 e. The van der Waals surface area contributed by atoms with Crippen LogP contribution in [0.2, 0.25) is 5.02 Å². The van der Waals surface area contributed by atoms with Crippen molar-refractivity contribution >= 4 is 23.5 Å². The van der Waals surface area contributed by atoms with Crippen LogP contribution in [-0.2, 0) is 9.59 Å². The summed E-state index contributed by atoms with van der Waals surface area (Å²) in [5, 5.41) is 10.2. The number of hydrogen-bond acceptors (Lipinski definition) is 2. The van der Waals surface area contributed by atoms with Gasteiger partial charge in [-0.05, 0) is 41.3 Å². The Morgan fingerprint density at radius 1 is 1.15 bits per heavy atom. The minimum Gasteiger partial charge on any atom is -0.481 e. The van der Waals surface area contributed by atoms with Gasteiger partial charge in [-0.15, -0.1) is 0 Å². The van der Waals surface area contributed by atoms with E-state index in [0.717, 1.165) is 11.1 Å². The van der Waals surface area contributed by atoms with E-state index in [-0.39, 0.29) is 36.5 Å². The number of hydrogen-bond donors (Lipinski definition) is 1. The molecule has 2 aromatic carbocycles. The summed E-state index contributed by atoms with van der Waals surface area (Å²) in [6, 6.07) is 13.2. The third-order valence-electron chi connectivity index (χ3n) is 5.21. The number of amides is 1. The van der Waals surface area contributed by atoms with E-state index in [1.807, 2.05) is 19.1 Å². The number of benzene rings is 2. The van der Waals surface area contributed by atoms with Gasteiger partial charge < -0.3 is 10.0 Å². The SMILES string of the molecule is CC(CC(=O)N1C[C@@H](C(=O)O)[C@H](c2ccc(Cl)cc2)C1)c1ccc(F)cc1. The van der Waals surface area contributed by atoms with Crippen LogP contribution in [0.3, 0.4) is 0 Å². The van der Waals surface area contributed by atoms with Crippen molar-refractivity contribution in [2.24, 2.45) is 5.92 Å². The van der Waals surface area contributed by atoms with Crippen molar-refractivity contribution in [3.63, 3.8) is 0 Å². The third-order valence-corrected chi connectivity index (χ3v) is 5.46. The Hall–Kier alpha value is -2.40. The predicted octanol–water partition coefficient (Wildman–Crippen LogP) is 4.30. The summed E-state index contributed by atoms with van der Waals surface area (Å²) in [5.41, 5.74) is 1.75. The summed E-state index contributed by atoms with van der Waals surface area (Å²) in [7, 11) is 0. The fourth-order valence-corrected chi connectivity index (χ4v) is 3.73. The quantitative estimate of drug-likeness (QED) is 0.829. The Balaban J connectivity index is 1.71. The smallest absolute Gasteiger partial charge is 0.308 e. The highest BCUT2D eigenvalue weighted by atomic mass is 35.5. The normalized spacial score (nSPS) is 20.5. The average Bonchev–Trinajstić information content (AvgIpc) is 3.08. The van der Waals surface area contributed by atoms with Gasteiger partial charge in [-0.1, -0.05) is 42.8 Å². The van der Waals surface area contributed by atoms with Crippen molar-refractivity contribution in [1.29, 1.82) is 0 Å². The van der Waals surface area contributed by atoms with Crippen molar-refractivity contribution in [2.45, 2.75) is 25.2 Å².